The van der Waals surface area contributed by atoms with Gasteiger partial charge in [0.15, 0.2) is 5.69 Å². The van der Waals surface area contributed by atoms with Crippen LogP contribution in [0.4, 0.5) is 0 Å². The summed E-state index contributed by atoms with van der Waals surface area (Å²) < 4.78 is 16.1. The molecule has 0 radical (unpaired) electrons. The maximum Gasteiger partial charge on any atom is 0.276 e. The number of carbonyl (C=O) groups excluding carboxylic acids is 2. The monoisotopic (exact) mass is 455 g/mol. The van der Waals surface area contributed by atoms with E-state index in [2.05, 4.69) is 5.16 Å². The summed E-state index contributed by atoms with van der Waals surface area (Å²) in [6.45, 7) is 5.31. The van der Waals surface area contributed by atoms with Gasteiger partial charge in [-0.15, -0.1) is 0 Å². The molecule has 0 bridgehead atoms. The first-order valence-corrected chi connectivity index (χ1v) is 11.3. The van der Waals surface area contributed by atoms with Crippen molar-refractivity contribution < 1.29 is 33.8 Å². The Hall–Kier alpha value is -2.01. The van der Waals surface area contributed by atoms with Crippen molar-refractivity contribution >= 4 is 11.8 Å². The van der Waals surface area contributed by atoms with E-state index in [0.29, 0.717) is 51.3 Å². The van der Waals surface area contributed by atoms with Gasteiger partial charge in [-0.25, -0.2) is 0 Å². The molecule has 0 spiro atoms. The largest absolute Gasteiger partial charge is 0.388 e. The zero-order valence-corrected chi connectivity index (χ0v) is 19.4. The molecule has 182 valence electrons. The molecule has 2 N–H and O–H groups in total. The number of nitrogens with zero attached hydrogens (tertiary/aromatic N) is 3. The fourth-order valence-electron chi connectivity index (χ4n) is 3.68. The molecular formula is C22H37N3O7. The minimum absolute atomic E-state index is 0.0388. The second kappa shape index (κ2) is 13.5. The first-order valence-electron chi connectivity index (χ1n) is 11.3. The molecular weight excluding hydrogens is 418 g/mol. The highest BCUT2D eigenvalue weighted by Gasteiger charge is 2.29. The summed E-state index contributed by atoms with van der Waals surface area (Å²) >= 11 is 0. The van der Waals surface area contributed by atoms with E-state index in [1.807, 2.05) is 6.92 Å². The average Bonchev–Trinajstić information content (AvgIpc) is 3.23. The highest BCUT2D eigenvalue weighted by atomic mass is 16.5. The lowest BCUT2D eigenvalue weighted by Gasteiger charge is -2.31. The molecule has 10 nitrogen and oxygen atoms in total. The molecule has 10 heteroatoms. The van der Waals surface area contributed by atoms with Crippen molar-refractivity contribution in [3.05, 3.63) is 17.5 Å². The smallest absolute Gasteiger partial charge is 0.276 e. The van der Waals surface area contributed by atoms with Crippen LogP contribution in [-0.4, -0.2) is 102 Å². The van der Waals surface area contributed by atoms with Crippen LogP contribution in [0, 0.1) is 0 Å². The molecule has 1 fully saturated rings. The van der Waals surface area contributed by atoms with E-state index in [-0.39, 0.29) is 30.7 Å². The Labute approximate surface area is 189 Å². The third-order valence-corrected chi connectivity index (χ3v) is 5.60. The molecule has 0 aliphatic carbocycles. The third kappa shape index (κ3) is 7.84. The van der Waals surface area contributed by atoms with Crippen molar-refractivity contribution in [1.29, 1.82) is 0 Å². The number of hydrogen-bond acceptors (Lipinski definition) is 8. The van der Waals surface area contributed by atoms with Gasteiger partial charge in [-0.3, -0.25) is 9.59 Å². The van der Waals surface area contributed by atoms with Gasteiger partial charge in [-0.1, -0.05) is 12.1 Å². The maximum absolute atomic E-state index is 13.0. The Morgan fingerprint density at radius 3 is 2.59 bits per heavy atom. The van der Waals surface area contributed by atoms with Gasteiger partial charge in [0, 0.05) is 59.3 Å². The van der Waals surface area contributed by atoms with Crippen molar-refractivity contribution in [2.45, 2.75) is 64.3 Å². The fraction of sp³-hybridized carbons (Fsp3) is 0.773. The molecule has 2 heterocycles. The van der Waals surface area contributed by atoms with Crippen LogP contribution in [0.5, 0.6) is 0 Å². The molecule has 1 aromatic heterocycles. The van der Waals surface area contributed by atoms with Gasteiger partial charge in [0.1, 0.15) is 24.1 Å². The van der Waals surface area contributed by atoms with Crippen molar-refractivity contribution in [3.8, 4) is 0 Å². The molecule has 0 aromatic carbocycles. The Morgan fingerprint density at radius 1 is 1.19 bits per heavy atom. The zero-order chi connectivity index (χ0) is 23.5. The highest BCUT2D eigenvalue weighted by molar-refractivity contribution is 5.92. The lowest BCUT2D eigenvalue weighted by Crippen LogP contribution is -2.48. The first kappa shape index (κ1) is 26.2. The average molecular weight is 456 g/mol. The molecule has 1 aromatic rings. The van der Waals surface area contributed by atoms with Crippen LogP contribution in [0.25, 0.3) is 0 Å². The SMILES string of the molecule is CCCc1cc(C(=O)N2CCCCOC[C@H](O)[C@H](O)[C@@H](OC)CN(C(C)=O)CCC2)no1. The summed E-state index contributed by atoms with van der Waals surface area (Å²) in [5.41, 5.74) is 0.289. The summed E-state index contributed by atoms with van der Waals surface area (Å²) in [5.74, 6) is 0.317. The van der Waals surface area contributed by atoms with Crippen LogP contribution in [0.2, 0.25) is 0 Å². The van der Waals surface area contributed by atoms with Crippen molar-refractivity contribution in [2.24, 2.45) is 0 Å². The highest BCUT2D eigenvalue weighted by Crippen LogP contribution is 2.13. The van der Waals surface area contributed by atoms with Gasteiger partial charge < -0.3 is 34.0 Å². The number of aliphatic hydroxyl groups is 2. The van der Waals surface area contributed by atoms with Gasteiger partial charge in [-0.2, -0.15) is 0 Å². The van der Waals surface area contributed by atoms with Crippen molar-refractivity contribution in [1.82, 2.24) is 15.0 Å². The lowest BCUT2D eigenvalue weighted by molar-refractivity contribution is -0.136. The number of carbonyl (C=O) groups is 2. The minimum Gasteiger partial charge on any atom is -0.388 e. The Balaban J connectivity index is 2.11. The normalized spacial score (nSPS) is 24.6. The number of amides is 2. The van der Waals surface area contributed by atoms with Crippen LogP contribution in [0.1, 0.15) is 55.8 Å². The Kier molecular flexibility index (Phi) is 11.1. The van der Waals surface area contributed by atoms with Crippen LogP contribution in [0.3, 0.4) is 0 Å². The Bertz CT molecular complexity index is 711. The molecule has 32 heavy (non-hydrogen) atoms. The summed E-state index contributed by atoms with van der Waals surface area (Å²) in [5, 5.41) is 24.6. The molecule has 1 aliphatic heterocycles. The standard InChI is InChI=1S/C22H37N3O7/c1-4-8-17-13-18(23-32-17)22(29)24-9-5-6-12-31-15-19(27)21(28)20(30-3)14-25(16(2)26)11-7-10-24/h13,19-21,27-28H,4-12,14-15H2,1-3H3/t19-,20-,21-/m0/s1. The zero-order valence-electron chi connectivity index (χ0n) is 19.4. The predicted octanol–water partition coefficient (Wildman–Crippen LogP) is 0.855. The summed E-state index contributed by atoms with van der Waals surface area (Å²) in [6, 6.07) is 1.69. The van der Waals surface area contributed by atoms with Crippen LogP contribution in [0.15, 0.2) is 10.6 Å². The number of methoxy groups -OCH3 is 1. The van der Waals surface area contributed by atoms with Crippen molar-refractivity contribution in [3.63, 3.8) is 0 Å². The molecule has 2 amide bonds. The predicted molar refractivity (Wildman–Crippen MR) is 116 cm³/mol. The number of aromatic nitrogens is 1. The van der Waals surface area contributed by atoms with E-state index in [1.165, 1.54) is 14.0 Å². The summed E-state index contributed by atoms with van der Waals surface area (Å²) in [7, 11) is 1.43. The number of aliphatic hydroxyl groups excluding tert-OH is 2. The van der Waals surface area contributed by atoms with E-state index < -0.39 is 18.3 Å². The van der Waals surface area contributed by atoms with E-state index in [4.69, 9.17) is 14.0 Å². The summed E-state index contributed by atoms with van der Waals surface area (Å²) in [4.78, 5) is 28.4. The molecule has 0 saturated carbocycles. The van der Waals surface area contributed by atoms with Gasteiger partial charge in [0.25, 0.3) is 5.91 Å². The number of rotatable bonds is 4. The lowest BCUT2D eigenvalue weighted by atomic mass is 10.1. The molecule has 0 unspecified atom stereocenters. The fourth-order valence-corrected chi connectivity index (χ4v) is 3.68. The second-order valence-corrected chi connectivity index (χ2v) is 8.15. The third-order valence-electron chi connectivity index (χ3n) is 5.60. The van der Waals surface area contributed by atoms with Crippen molar-refractivity contribution in [2.75, 3.05) is 46.5 Å². The number of aryl methyl sites for hydroxylation is 1. The maximum atomic E-state index is 13.0. The molecule has 2 rings (SSSR count). The van der Waals surface area contributed by atoms with E-state index in [1.54, 1.807) is 15.9 Å². The van der Waals surface area contributed by atoms with Gasteiger partial charge >= 0.3 is 0 Å². The van der Waals surface area contributed by atoms with E-state index >= 15 is 0 Å². The van der Waals surface area contributed by atoms with E-state index in [0.717, 1.165) is 12.8 Å². The topological polar surface area (TPSA) is 126 Å². The van der Waals surface area contributed by atoms with Gasteiger partial charge in [0.2, 0.25) is 5.91 Å². The van der Waals surface area contributed by atoms with Crippen LogP contribution < -0.4 is 0 Å². The second-order valence-electron chi connectivity index (χ2n) is 8.15. The number of hydrogen-bond donors (Lipinski definition) is 2. The van der Waals surface area contributed by atoms with Crippen LogP contribution >= 0.6 is 0 Å². The molecule has 1 saturated heterocycles. The van der Waals surface area contributed by atoms with E-state index in [9.17, 15) is 19.8 Å². The number of ether oxygens (including phenoxy) is 2. The minimum atomic E-state index is -1.19. The quantitative estimate of drug-likeness (QED) is 0.685. The molecule has 3 atom stereocenters. The van der Waals surface area contributed by atoms with Crippen LogP contribution in [-0.2, 0) is 20.7 Å². The first-order chi connectivity index (χ1) is 15.4. The molecule has 1 aliphatic rings. The summed E-state index contributed by atoms with van der Waals surface area (Å²) in [6.07, 6.45) is 0.517. The Morgan fingerprint density at radius 2 is 1.91 bits per heavy atom. The van der Waals surface area contributed by atoms with Gasteiger partial charge in [-0.05, 0) is 25.7 Å². The van der Waals surface area contributed by atoms with Gasteiger partial charge in [0.05, 0.1) is 6.61 Å².